The van der Waals surface area contributed by atoms with Crippen molar-refractivity contribution in [2.45, 2.75) is 5.16 Å². The first-order valence-corrected chi connectivity index (χ1v) is 11.9. The van der Waals surface area contributed by atoms with Crippen LogP contribution in [0.3, 0.4) is 0 Å². The van der Waals surface area contributed by atoms with Crippen LogP contribution in [0.25, 0.3) is 17.1 Å². The molecule has 0 spiro atoms. The Morgan fingerprint density at radius 1 is 1.06 bits per heavy atom. The lowest BCUT2D eigenvalue weighted by molar-refractivity contribution is -0.118. The lowest BCUT2D eigenvalue weighted by atomic mass is 10.2. The van der Waals surface area contributed by atoms with E-state index < -0.39 is 0 Å². The van der Waals surface area contributed by atoms with Gasteiger partial charge in [-0.2, -0.15) is 5.10 Å². The number of nitrogens with one attached hydrogen (secondary N) is 1. The van der Waals surface area contributed by atoms with E-state index in [0.717, 1.165) is 11.3 Å². The summed E-state index contributed by atoms with van der Waals surface area (Å²) in [5.41, 5.74) is 4.99. The van der Waals surface area contributed by atoms with Crippen molar-refractivity contribution in [2.24, 2.45) is 5.10 Å². The van der Waals surface area contributed by atoms with Crippen LogP contribution in [0.4, 0.5) is 0 Å². The highest BCUT2D eigenvalue weighted by Gasteiger charge is 2.17. The minimum absolute atomic E-state index is 0.0999. The highest BCUT2D eigenvalue weighted by molar-refractivity contribution is 7.99. The maximum atomic E-state index is 12.5. The molecule has 0 fully saturated rings. The van der Waals surface area contributed by atoms with Gasteiger partial charge in [0.25, 0.3) is 5.91 Å². The molecule has 4 rings (SSSR count). The molecule has 0 aliphatic heterocycles. The van der Waals surface area contributed by atoms with Gasteiger partial charge in [0.05, 0.1) is 26.2 Å². The molecule has 8 nitrogen and oxygen atoms in total. The Balaban J connectivity index is 1.47. The summed E-state index contributed by atoms with van der Waals surface area (Å²) in [5, 5.41) is 14.0. The molecule has 1 amide bonds. The number of methoxy groups -OCH3 is 2. The van der Waals surface area contributed by atoms with E-state index in [2.05, 4.69) is 20.7 Å². The number of para-hydroxylation sites is 1. The molecule has 178 valence electrons. The van der Waals surface area contributed by atoms with Gasteiger partial charge in [-0.05, 0) is 48.5 Å². The van der Waals surface area contributed by atoms with Gasteiger partial charge in [-0.15, -0.1) is 10.2 Å². The van der Waals surface area contributed by atoms with Crippen LogP contribution in [-0.4, -0.2) is 46.9 Å². The van der Waals surface area contributed by atoms with Gasteiger partial charge in [0.1, 0.15) is 11.5 Å². The van der Waals surface area contributed by atoms with Crippen LogP contribution < -0.4 is 14.9 Å². The Labute approximate surface area is 211 Å². The molecule has 35 heavy (non-hydrogen) atoms. The summed E-state index contributed by atoms with van der Waals surface area (Å²) in [5.74, 6) is 1.72. The lowest BCUT2D eigenvalue weighted by Gasteiger charge is -2.10. The van der Waals surface area contributed by atoms with Gasteiger partial charge in [0, 0.05) is 27.9 Å². The number of hydrogen-bond donors (Lipinski definition) is 1. The van der Waals surface area contributed by atoms with Gasteiger partial charge < -0.3 is 9.47 Å². The second-order valence-electron chi connectivity index (χ2n) is 7.17. The number of thioether (sulfide) groups is 1. The normalized spacial score (nSPS) is 10.9. The largest absolute Gasteiger partial charge is 0.497 e. The number of aromatic nitrogens is 3. The van der Waals surface area contributed by atoms with E-state index >= 15 is 0 Å². The molecule has 3 aromatic carbocycles. The maximum Gasteiger partial charge on any atom is 0.250 e. The van der Waals surface area contributed by atoms with E-state index in [-0.39, 0.29) is 11.7 Å². The highest BCUT2D eigenvalue weighted by Crippen LogP contribution is 2.28. The number of ether oxygens (including phenoxy) is 2. The lowest BCUT2D eigenvalue weighted by Crippen LogP contribution is -2.20. The van der Waals surface area contributed by atoms with Gasteiger partial charge >= 0.3 is 0 Å². The topological polar surface area (TPSA) is 90.6 Å². The molecular formula is C25H22ClN5O3S. The minimum atomic E-state index is -0.283. The monoisotopic (exact) mass is 507 g/mol. The van der Waals surface area contributed by atoms with Gasteiger partial charge in [-0.25, -0.2) is 5.43 Å². The van der Waals surface area contributed by atoms with E-state index in [9.17, 15) is 4.79 Å². The van der Waals surface area contributed by atoms with Crippen LogP contribution in [0.2, 0.25) is 5.02 Å². The van der Waals surface area contributed by atoms with Gasteiger partial charge in [0.2, 0.25) is 0 Å². The quantitative estimate of drug-likeness (QED) is 0.198. The summed E-state index contributed by atoms with van der Waals surface area (Å²) in [6.45, 7) is 0. The van der Waals surface area contributed by atoms with E-state index in [1.165, 1.54) is 18.0 Å². The van der Waals surface area contributed by atoms with Gasteiger partial charge in [-0.1, -0.05) is 41.6 Å². The summed E-state index contributed by atoms with van der Waals surface area (Å²) in [4.78, 5) is 12.5. The van der Waals surface area contributed by atoms with Crippen LogP contribution in [-0.2, 0) is 4.79 Å². The van der Waals surface area contributed by atoms with Gasteiger partial charge in [0.15, 0.2) is 11.0 Å². The number of hydrazone groups is 1. The number of nitrogens with zero attached hydrogens (tertiary/aromatic N) is 4. The number of rotatable bonds is 9. The van der Waals surface area contributed by atoms with Crippen molar-refractivity contribution >= 4 is 35.5 Å². The molecule has 1 aromatic heterocycles. The molecule has 0 aliphatic rings. The van der Waals surface area contributed by atoms with Crippen molar-refractivity contribution in [1.82, 2.24) is 20.2 Å². The Morgan fingerprint density at radius 3 is 2.54 bits per heavy atom. The first kappa shape index (κ1) is 24.3. The molecule has 0 saturated carbocycles. The van der Waals surface area contributed by atoms with E-state index in [1.807, 2.05) is 47.0 Å². The average molecular weight is 508 g/mol. The van der Waals surface area contributed by atoms with Crippen molar-refractivity contribution < 1.29 is 14.3 Å². The molecule has 0 saturated heterocycles. The van der Waals surface area contributed by atoms with Crippen molar-refractivity contribution in [3.8, 4) is 28.6 Å². The van der Waals surface area contributed by atoms with Crippen LogP contribution >= 0.6 is 23.4 Å². The number of benzene rings is 3. The Hall–Kier alpha value is -3.82. The van der Waals surface area contributed by atoms with E-state index in [4.69, 9.17) is 21.1 Å². The van der Waals surface area contributed by atoms with E-state index in [0.29, 0.717) is 33.1 Å². The minimum Gasteiger partial charge on any atom is -0.497 e. The standard InChI is InChI=1S/C25H22ClN5O3S/c1-33-21-13-10-18(22(14-21)34-2)15-27-28-23(32)16-35-25-30-29-24(17-8-11-19(26)12-9-17)31(25)20-6-4-3-5-7-20/h3-15H,16H2,1-2H3,(H,28,32)/b27-15-. The Bertz CT molecular complexity index is 1330. The van der Waals surface area contributed by atoms with Crippen LogP contribution in [0.1, 0.15) is 5.56 Å². The maximum absolute atomic E-state index is 12.5. The number of carbonyl (C=O) groups excluding carboxylic acids is 1. The average Bonchev–Trinajstić information content (AvgIpc) is 3.32. The van der Waals surface area contributed by atoms with E-state index in [1.54, 1.807) is 44.6 Å². The number of hydrogen-bond acceptors (Lipinski definition) is 7. The smallest absolute Gasteiger partial charge is 0.250 e. The molecular weight excluding hydrogens is 486 g/mol. The number of carbonyl (C=O) groups is 1. The zero-order valence-corrected chi connectivity index (χ0v) is 20.6. The fraction of sp³-hybridized carbons (Fsp3) is 0.120. The fourth-order valence-electron chi connectivity index (χ4n) is 3.22. The summed E-state index contributed by atoms with van der Waals surface area (Å²) < 4.78 is 12.4. The SMILES string of the molecule is COc1ccc(/C=N\NC(=O)CSc2nnc(-c3ccc(Cl)cc3)n2-c2ccccc2)c(OC)c1. The molecule has 1 N–H and O–H groups in total. The zero-order valence-electron chi connectivity index (χ0n) is 19.0. The molecule has 0 radical (unpaired) electrons. The predicted octanol–water partition coefficient (Wildman–Crippen LogP) is 4.85. The zero-order chi connectivity index (χ0) is 24.6. The summed E-state index contributed by atoms with van der Waals surface area (Å²) in [6.07, 6.45) is 1.52. The molecule has 4 aromatic rings. The number of halogens is 1. The second-order valence-corrected chi connectivity index (χ2v) is 8.55. The van der Waals surface area contributed by atoms with Crippen LogP contribution in [0, 0.1) is 0 Å². The Morgan fingerprint density at radius 2 is 1.83 bits per heavy atom. The molecule has 0 atom stereocenters. The van der Waals surface area contributed by atoms with Crippen molar-refractivity contribution in [3.05, 3.63) is 83.4 Å². The molecule has 0 bridgehead atoms. The van der Waals surface area contributed by atoms with Crippen LogP contribution in [0.5, 0.6) is 11.5 Å². The Kier molecular flexibility index (Phi) is 8.02. The predicted molar refractivity (Wildman–Crippen MR) is 138 cm³/mol. The third-order valence-electron chi connectivity index (χ3n) is 4.92. The first-order chi connectivity index (χ1) is 17.1. The third kappa shape index (κ3) is 6.00. The van der Waals surface area contributed by atoms with Crippen molar-refractivity contribution in [2.75, 3.05) is 20.0 Å². The van der Waals surface area contributed by atoms with Gasteiger partial charge in [-0.3, -0.25) is 9.36 Å². The second kappa shape index (κ2) is 11.5. The van der Waals surface area contributed by atoms with Crippen LogP contribution in [0.15, 0.2) is 83.1 Å². The number of amides is 1. The van der Waals surface area contributed by atoms with Crippen molar-refractivity contribution in [3.63, 3.8) is 0 Å². The summed E-state index contributed by atoms with van der Waals surface area (Å²) >= 11 is 7.31. The molecule has 1 heterocycles. The molecule has 0 aliphatic carbocycles. The molecule has 10 heteroatoms. The molecule has 0 unspecified atom stereocenters. The van der Waals surface area contributed by atoms with Crippen molar-refractivity contribution in [1.29, 1.82) is 0 Å². The summed E-state index contributed by atoms with van der Waals surface area (Å²) in [6, 6.07) is 22.4. The summed E-state index contributed by atoms with van der Waals surface area (Å²) in [7, 11) is 3.14. The first-order valence-electron chi connectivity index (χ1n) is 10.5. The third-order valence-corrected chi connectivity index (χ3v) is 6.10. The highest BCUT2D eigenvalue weighted by atomic mass is 35.5. The fourth-order valence-corrected chi connectivity index (χ4v) is 4.09.